The number of nitrogens with zero attached hydrogens (tertiary/aromatic N) is 3. The molecule has 0 aliphatic heterocycles. The Morgan fingerprint density at radius 3 is 2.67 bits per heavy atom. The summed E-state index contributed by atoms with van der Waals surface area (Å²) in [6, 6.07) is 4.22. The van der Waals surface area contributed by atoms with Crippen LogP contribution in [0.1, 0.15) is 37.1 Å². The number of nitrogens with one attached hydrogen (secondary N) is 1. The van der Waals surface area contributed by atoms with Crippen molar-refractivity contribution in [3.63, 3.8) is 0 Å². The third-order valence-electron chi connectivity index (χ3n) is 3.31. The fourth-order valence-electron chi connectivity index (χ4n) is 2.32. The minimum atomic E-state index is 0.433. The summed E-state index contributed by atoms with van der Waals surface area (Å²) in [6.07, 6.45) is 6.99. The fourth-order valence-corrected chi connectivity index (χ4v) is 3.06. The van der Waals surface area contributed by atoms with E-state index in [4.69, 9.17) is 5.26 Å². The van der Waals surface area contributed by atoms with Crippen LogP contribution in [0, 0.1) is 18.3 Å². The van der Waals surface area contributed by atoms with Gasteiger partial charge in [-0.3, -0.25) is 0 Å². The molecule has 2 rings (SSSR count). The minimum Gasteiger partial charge on any atom is -0.351 e. The number of aromatic nitrogens is 2. The lowest BCUT2D eigenvalue weighted by Gasteiger charge is -2.28. The van der Waals surface area contributed by atoms with Gasteiger partial charge in [-0.1, -0.05) is 0 Å². The Morgan fingerprint density at radius 1 is 1.33 bits per heavy atom. The van der Waals surface area contributed by atoms with Crippen LogP contribution in [0.3, 0.4) is 0 Å². The fraction of sp³-hybridized carbons (Fsp3) is 0.615. The summed E-state index contributed by atoms with van der Waals surface area (Å²) in [5.41, 5.74) is 1.27. The van der Waals surface area contributed by atoms with Crippen molar-refractivity contribution in [1.29, 1.82) is 5.26 Å². The maximum Gasteiger partial charge on any atom is 0.224 e. The third-order valence-corrected chi connectivity index (χ3v) is 4.45. The predicted molar refractivity (Wildman–Crippen MR) is 74.7 cm³/mol. The number of hydrogen-bond acceptors (Lipinski definition) is 5. The molecule has 18 heavy (non-hydrogen) atoms. The minimum absolute atomic E-state index is 0.433. The van der Waals surface area contributed by atoms with Crippen molar-refractivity contribution in [2.24, 2.45) is 0 Å². The van der Waals surface area contributed by atoms with Crippen LogP contribution in [0.4, 0.5) is 5.95 Å². The maximum atomic E-state index is 8.89. The van der Waals surface area contributed by atoms with E-state index in [1.165, 1.54) is 12.8 Å². The van der Waals surface area contributed by atoms with E-state index < -0.39 is 0 Å². The number of aryl methyl sites for hydroxylation is 1. The number of rotatable bonds is 3. The van der Waals surface area contributed by atoms with E-state index in [0.717, 1.165) is 23.8 Å². The Morgan fingerprint density at radius 2 is 2.06 bits per heavy atom. The first-order chi connectivity index (χ1) is 8.71. The van der Waals surface area contributed by atoms with E-state index in [1.807, 2.05) is 18.7 Å². The highest BCUT2D eigenvalue weighted by Gasteiger charge is 2.20. The Balaban J connectivity index is 1.98. The lowest BCUT2D eigenvalue weighted by atomic mass is 9.95. The van der Waals surface area contributed by atoms with Gasteiger partial charge in [-0.2, -0.15) is 17.0 Å². The summed E-state index contributed by atoms with van der Waals surface area (Å²) in [7, 11) is 0. The van der Waals surface area contributed by atoms with Crippen molar-refractivity contribution in [3.8, 4) is 6.07 Å². The average Bonchev–Trinajstić information content (AvgIpc) is 2.39. The Hall–Kier alpha value is -1.28. The lowest BCUT2D eigenvalue weighted by Crippen LogP contribution is -2.28. The van der Waals surface area contributed by atoms with Gasteiger partial charge in [0.2, 0.25) is 5.95 Å². The van der Waals surface area contributed by atoms with Gasteiger partial charge in [-0.05, 0) is 44.9 Å². The molecule has 1 aromatic rings. The van der Waals surface area contributed by atoms with Crippen molar-refractivity contribution < 1.29 is 0 Å². The molecule has 0 spiro atoms. The topological polar surface area (TPSA) is 61.6 Å². The van der Waals surface area contributed by atoms with Crippen LogP contribution in [0.25, 0.3) is 0 Å². The Kier molecular flexibility index (Phi) is 4.43. The van der Waals surface area contributed by atoms with E-state index in [1.54, 1.807) is 6.07 Å². The molecule has 1 aliphatic rings. The molecule has 0 bridgehead atoms. The second-order valence-electron chi connectivity index (χ2n) is 4.68. The number of hydrogen-bond donors (Lipinski definition) is 1. The van der Waals surface area contributed by atoms with Crippen molar-refractivity contribution in [1.82, 2.24) is 9.97 Å². The highest BCUT2D eigenvalue weighted by Crippen LogP contribution is 2.28. The summed E-state index contributed by atoms with van der Waals surface area (Å²) in [6.45, 7) is 1.89. The number of thioether (sulfide) groups is 1. The van der Waals surface area contributed by atoms with Gasteiger partial charge in [0.05, 0.1) is 0 Å². The lowest BCUT2D eigenvalue weighted by molar-refractivity contribution is 0.471. The molecule has 0 amide bonds. The second-order valence-corrected chi connectivity index (χ2v) is 5.82. The van der Waals surface area contributed by atoms with Gasteiger partial charge in [0.15, 0.2) is 0 Å². The standard InChI is InChI=1S/C13H18N4S/c1-9-7-11(8-14)17-13(15-9)16-10-3-5-12(18-2)6-4-10/h7,10,12H,3-6H2,1-2H3,(H,15,16,17). The maximum absolute atomic E-state index is 8.89. The van der Waals surface area contributed by atoms with Gasteiger partial charge in [-0.15, -0.1) is 0 Å². The number of nitriles is 1. The molecule has 0 aromatic carbocycles. The third kappa shape index (κ3) is 3.36. The SMILES string of the molecule is CSC1CCC(Nc2nc(C)cc(C#N)n2)CC1. The molecule has 1 N–H and O–H groups in total. The second kappa shape index (κ2) is 6.05. The van der Waals surface area contributed by atoms with Crippen LogP contribution in [0.5, 0.6) is 0 Å². The monoisotopic (exact) mass is 262 g/mol. The molecule has 4 nitrogen and oxygen atoms in total. The van der Waals surface area contributed by atoms with E-state index in [0.29, 0.717) is 17.7 Å². The predicted octanol–water partition coefficient (Wildman–Crippen LogP) is 2.74. The molecule has 1 fully saturated rings. The Labute approximate surface area is 112 Å². The molecule has 96 valence electrons. The molecule has 1 aromatic heterocycles. The smallest absolute Gasteiger partial charge is 0.224 e. The van der Waals surface area contributed by atoms with Gasteiger partial charge in [-0.25, -0.2) is 9.97 Å². The highest BCUT2D eigenvalue weighted by atomic mass is 32.2. The molecule has 0 saturated heterocycles. The van der Waals surface area contributed by atoms with Crippen molar-refractivity contribution in [2.75, 3.05) is 11.6 Å². The molecule has 0 atom stereocenters. The molecule has 1 saturated carbocycles. The molecule has 1 heterocycles. The zero-order valence-corrected chi connectivity index (χ0v) is 11.6. The molecule has 1 aliphatic carbocycles. The molecule has 0 radical (unpaired) electrons. The van der Waals surface area contributed by atoms with Gasteiger partial charge in [0.25, 0.3) is 0 Å². The largest absolute Gasteiger partial charge is 0.351 e. The van der Waals surface area contributed by atoms with Gasteiger partial charge >= 0.3 is 0 Å². The van der Waals surface area contributed by atoms with Crippen molar-refractivity contribution in [2.45, 2.75) is 43.9 Å². The normalized spacial score (nSPS) is 23.4. The number of anilines is 1. The Bertz CT molecular complexity index is 447. The molecular formula is C13H18N4S. The summed E-state index contributed by atoms with van der Waals surface area (Å²) in [5.74, 6) is 0.596. The summed E-state index contributed by atoms with van der Waals surface area (Å²) in [5, 5.41) is 13.0. The van der Waals surface area contributed by atoms with Crippen LogP contribution in [0.15, 0.2) is 6.07 Å². The first-order valence-electron chi connectivity index (χ1n) is 6.26. The first kappa shape index (κ1) is 13.2. The van der Waals surface area contributed by atoms with Crippen LogP contribution >= 0.6 is 11.8 Å². The van der Waals surface area contributed by atoms with Crippen LogP contribution in [-0.2, 0) is 0 Å². The van der Waals surface area contributed by atoms with E-state index in [-0.39, 0.29) is 0 Å². The van der Waals surface area contributed by atoms with Crippen molar-refractivity contribution >= 4 is 17.7 Å². The molecule has 5 heteroatoms. The first-order valence-corrected chi connectivity index (χ1v) is 7.55. The molecular weight excluding hydrogens is 244 g/mol. The summed E-state index contributed by atoms with van der Waals surface area (Å²) in [4.78, 5) is 8.53. The van der Waals surface area contributed by atoms with Crippen LogP contribution in [0.2, 0.25) is 0 Å². The average molecular weight is 262 g/mol. The summed E-state index contributed by atoms with van der Waals surface area (Å²) < 4.78 is 0. The van der Waals surface area contributed by atoms with Crippen molar-refractivity contribution in [3.05, 3.63) is 17.5 Å². The highest BCUT2D eigenvalue weighted by molar-refractivity contribution is 7.99. The quantitative estimate of drug-likeness (QED) is 0.907. The van der Waals surface area contributed by atoms with Crippen LogP contribution < -0.4 is 5.32 Å². The van der Waals surface area contributed by atoms with Gasteiger partial charge < -0.3 is 5.32 Å². The van der Waals surface area contributed by atoms with E-state index in [2.05, 4.69) is 27.6 Å². The molecule has 0 unspecified atom stereocenters. The summed E-state index contributed by atoms with van der Waals surface area (Å²) >= 11 is 1.96. The zero-order chi connectivity index (χ0) is 13.0. The zero-order valence-electron chi connectivity index (χ0n) is 10.8. The van der Waals surface area contributed by atoms with Gasteiger partial charge in [0.1, 0.15) is 11.8 Å². The van der Waals surface area contributed by atoms with E-state index in [9.17, 15) is 0 Å². The van der Waals surface area contributed by atoms with Crippen LogP contribution in [-0.4, -0.2) is 27.5 Å². The van der Waals surface area contributed by atoms with Gasteiger partial charge in [0, 0.05) is 17.0 Å². The van der Waals surface area contributed by atoms with E-state index >= 15 is 0 Å².